The van der Waals surface area contributed by atoms with Crippen LogP contribution in [0.1, 0.15) is 5.56 Å². The molecule has 0 aliphatic heterocycles. The number of thiocarbonyl (C=S) groups is 1. The van der Waals surface area contributed by atoms with Crippen LogP contribution in [0.15, 0.2) is 84.9 Å². The monoisotopic (exact) mass is 334 g/mol. The highest BCUT2D eigenvalue weighted by atomic mass is 32.1. The van der Waals surface area contributed by atoms with Crippen LogP contribution >= 0.6 is 12.2 Å². The third kappa shape index (κ3) is 4.57. The third-order valence-corrected chi connectivity index (χ3v) is 3.65. The molecule has 3 rings (SSSR count). The molecule has 0 aliphatic carbocycles. The average molecular weight is 334 g/mol. The van der Waals surface area contributed by atoms with Gasteiger partial charge in [-0.1, -0.05) is 60.7 Å². The molecule has 24 heavy (non-hydrogen) atoms. The summed E-state index contributed by atoms with van der Waals surface area (Å²) < 4.78 is 5.92. The van der Waals surface area contributed by atoms with Gasteiger partial charge >= 0.3 is 0 Å². The molecular weight excluding hydrogens is 316 g/mol. The summed E-state index contributed by atoms with van der Waals surface area (Å²) in [4.78, 5) is 0. The molecule has 0 saturated carbocycles. The molecule has 0 unspecified atom stereocenters. The summed E-state index contributed by atoms with van der Waals surface area (Å²) in [6.07, 6.45) is 0. The standard InChI is InChI=1S/C20H18N2OS/c24-20(21-15-16-9-3-1-4-10-16)22-18-13-7-8-14-19(18)23-17-11-5-2-6-12-17/h1-14H,15H2,(H2,21,22,24). The largest absolute Gasteiger partial charge is 0.455 e. The summed E-state index contributed by atoms with van der Waals surface area (Å²) in [5.41, 5.74) is 2.00. The molecule has 0 aromatic heterocycles. The Balaban J connectivity index is 1.63. The predicted octanol–water partition coefficient (Wildman–Crippen LogP) is 4.97. The number of hydrogen-bond acceptors (Lipinski definition) is 2. The van der Waals surface area contributed by atoms with Gasteiger partial charge in [0.1, 0.15) is 5.75 Å². The van der Waals surface area contributed by atoms with Crippen LogP contribution in [0.3, 0.4) is 0 Å². The fraction of sp³-hybridized carbons (Fsp3) is 0.0500. The number of rotatable bonds is 5. The van der Waals surface area contributed by atoms with Gasteiger partial charge in [0.25, 0.3) is 0 Å². The average Bonchev–Trinajstić information content (AvgIpc) is 2.63. The highest BCUT2D eigenvalue weighted by Crippen LogP contribution is 2.28. The zero-order valence-electron chi connectivity index (χ0n) is 13.1. The lowest BCUT2D eigenvalue weighted by Gasteiger charge is -2.14. The van der Waals surface area contributed by atoms with Gasteiger partial charge in [0, 0.05) is 6.54 Å². The van der Waals surface area contributed by atoms with E-state index in [0.717, 1.165) is 17.2 Å². The lowest BCUT2D eigenvalue weighted by molar-refractivity contribution is 0.485. The van der Waals surface area contributed by atoms with Crippen molar-refractivity contribution in [2.24, 2.45) is 0 Å². The van der Waals surface area contributed by atoms with E-state index in [1.165, 1.54) is 5.56 Å². The second-order valence-corrected chi connectivity index (χ2v) is 5.61. The van der Waals surface area contributed by atoms with Crippen LogP contribution < -0.4 is 15.4 Å². The smallest absolute Gasteiger partial charge is 0.171 e. The van der Waals surface area contributed by atoms with Crippen LogP contribution in [0.2, 0.25) is 0 Å². The van der Waals surface area contributed by atoms with Gasteiger partial charge in [-0.05, 0) is 42.0 Å². The number of para-hydroxylation sites is 3. The predicted molar refractivity (Wildman–Crippen MR) is 102 cm³/mol. The van der Waals surface area contributed by atoms with Crippen LogP contribution in [-0.4, -0.2) is 5.11 Å². The van der Waals surface area contributed by atoms with Crippen LogP contribution in [0.5, 0.6) is 11.5 Å². The maximum absolute atomic E-state index is 5.92. The van der Waals surface area contributed by atoms with Gasteiger partial charge in [-0.3, -0.25) is 0 Å². The van der Waals surface area contributed by atoms with E-state index < -0.39 is 0 Å². The molecule has 2 N–H and O–H groups in total. The van der Waals surface area contributed by atoms with Gasteiger partial charge in [-0.15, -0.1) is 0 Å². The lowest BCUT2D eigenvalue weighted by atomic mass is 10.2. The summed E-state index contributed by atoms with van der Waals surface area (Å²) in [7, 11) is 0. The van der Waals surface area contributed by atoms with E-state index >= 15 is 0 Å². The molecule has 3 nitrogen and oxygen atoms in total. The third-order valence-electron chi connectivity index (χ3n) is 3.40. The van der Waals surface area contributed by atoms with Gasteiger partial charge in [0.2, 0.25) is 0 Å². The summed E-state index contributed by atoms with van der Waals surface area (Å²) in [6, 6.07) is 27.5. The van der Waals surface area contributed by atoms with Crippen LogP contribution in [0, 0.1) is 0 Å². The minimum Gasteiger partial charge on any atom is -0.455 e. The SMILES string of the molecule is S=C(NCc1ccccc1)Nc1ccccc1Oc1ccccc1. The van der Waals surface area contributed by atoms with Crippen LogP contribution in [0.4, 0.5) is 5.69 Å². The van der Waals surface area contributed by atoms with Gasteiger partial charge in [0.15, 0.2) is 10.9 Å². The van der Waals surface area contributed by atoms with E-state index in [1.54, 1.807) is 0 Å². The molecule has 120 valence electrons. The van der Waals surface area contributed by atoms with Crippen molar-refractivity contribution in [3.8, 4) is 11.5 Å². The second kappa shape index (κ2) is 8.13. The normalized spacial score (nSPS) is 10.0. The van der Waals surface area contributed by atoms with E-state index in [2.05, 4.69) is 22.8 Å². The zero-order valence-corrected chi connectivity index (χ0v) is 13.9. The van der Waals surface area contributed by atoms with E-state index in [0.29, 0.717) is 11.7 Å². The van der Waals surface area contributed by atoms with Crippen molar-refractivity contribution >= 4 is 23.0 Å². The summed E-state index contributed by atoms with van der Waals surface area (Å²) in [5, 5.41) is 6.96. The van der Waals surface area contributed by atoms with Crippen molar-refractivity contribution in [1.29, 1.82) is 0 Å². The van der Waals surface area contributed by atoms with E-state index in [9.17, 15) is 0 Å². The van der Waals surface area contributed by atoms with Gasteiger partial charge < -0.3 is 15.4 Å². The first-order valence-electron chi connectivity index (χ1n) is 7.72. The summed E-state index contributed by atoms with van der Waals surface area (Å²) in [5.74, 6) is 1.52. The highest BCUT2D eigenvalue weighted by molar-refractivity contribution is 7.80. The molecule has 0 saturated heterocycles. The van der Waals surface area contributed by atoms with Crippen molar-refractivity contribution in [1.82, 2.24) is 5.32 Å². The molecule has 0 fully saturated rings. The Labute approximate surface area is 147 Å². The Hall–Kier alpha value is -2.85. The summed E-state index contributed by atoms with van der Waals surface area (Å²) >= 11 is 5.38. The maximum Gasteiger partial charge on any atom is 0.171 e. The number of benzene rings is 3. The van der Waals surface area contributed by atoms with E-state index in [4.69, 9.17) is 17.0 Å². The van der Waals surface area contributed by atoms with Gasteiger partial charge in [-0.25, -0.2) is 0 Å². The molecular formula is C20H18N2OS. The maximum atomic E-state index is 5.92. The topological polar surface area (TPSA) is 33.3 Å². The Kier molecular flexibility index (Phi) is 5.43. The number of ether oxygens (including phenoxy) is 1. The second-order valence-electron chi connectivity index (χ2n) is 5.20. The lowest BCUT2D eigenvalue weighted by Crippen LogP contribution is -2.28. The van der Waals surface area contributed by atoms with E-state index in [-0.39, 0.29) is 0 Å². The van der Waals surface area contributed by atoms with E-state index in [1.807, 2.05) is 72.8 Å². The van der Waals surface area contributed by atoms with Crippen molar-refractivity contribution in [3.63, 3.8) is 0 Å². The molecule has 3 aromatic rings. The van der Waals surface area contributed by atoms with Crippen molar-refractivity contribution in [2.45, 2.75) is 6.54 Å². The molecule has 0 aliphatic rings. The van der Waals surface area contributed by atoms with Gasteiger partial charge in [-0.2, -0.15) is 0 Å². The van der Waals surface area contributed by atoms with Gasteiger partial charge in [0.05, 0.1) is 5.69 Å². The van der Waals surface area contributed by atoms with Crippen molar-refractivity contribution in [3.05, 3.63) is 90.5 Å². The fourth-order valence-corrected chi connectivity index (χ4v) is 2.40. The Morgan fingerprint density at radius 1 is 0.792 bits per heavy atom. The minimum atomic E-state index is 0.558. The molecule has 0 amide bonds. The Morgan fingerprint density at radius 3 is 2.17 bits per heavy atom. The van der Waals surface area contributed by atoms with Crippen LogP contribution in [0.25, 0.3) is 0 Å². The first kappa shape index (κ1) is 16.0. The number of anilines is 1. The zero-order chi connectivity index (χ0) is 16.6. The highest BCUT2D eigenvalue weighted by Gasteiger charge is 2.06. The Morgan fingerprint density at radius 2 is 1.42 bits per heavy atom. The van der Waals surface area contributed by atoms with Crippen molar-refractivity contribution in [2.75, 3.05) is 5.32 Å². The molecule has 0 radical (unpaired) electrons. The number of nitrogens with one attached hydrogen (secondary N) is 2. The molecule has 0 spiro atoms. The first-order chi connectivity index (χ1) is 11.8. The fourth-order valence-electron chi connectivity index (χ4n) is 2.22. The molecule has 0 atom stereocenters. The minimum absolute atomic E-state index is 0.558. The molecule has 0 heterocycles. The molecule has 0 bridgehead atoms. The Bertz CT molecular complexity index is 791. The number of hydrogen-bond donors (Lipinski definition) is 2. The molecule has 4 heteroatoms. The quantitative estimate of drug-likeness (QED) is 0.646. The molecule has 3 aromatic carbocycles. The first-order valence-corrected chi connectivity index (χ1v) is 8.13. The van der Waals surface area contributed by atoms with Crippen molar-refractivity contribution < 1.29 is 4.74 Å². The summed E-state index contributed by atoms with van der Waals surface area (Å²) in [6.45, 7) is 0.675. The van der Waals surface area contributed by atoms with Crippen LogP contribution in [-0.2, 0) is 6.54 Å².